The number of benzene rings is 1. The molecule has 0 saturated heterocycles. The molecule has 0 amide bonds. The molecule has 1 aromatic heterocycles. The van der Waals surface area contributed by atoms with Crippen molar-refractivity contribution in [2.75, 3.05) is 0 Å². The van der Waals surface area contributed by atoms with Gasteiger partial charge in [0.1, 0.15) is 6.61 Å². The van der Waals surface area contributed by atoms with Crippen molar-refractivity contribution in [1.29, 1.82) is 0 Å². The highest BCUT2D eigenvalue weighted by atomic mass is 32.1. The van der Waals surface area contributed by atoms with E-state index in [-0.39, 0.29) is 5.82 Å². The molecule has 0 atom stereocenters. The number of hydrogen-bond acceptors (Lipinski definition) is 4. The first-order valence-electron chi connectivity index (χ1n) is 6.34. The van der Waals surface area contributed by atoms with Crippen LogP contribution in [0, 0.1) is 5.82 Å². The predicted molar refractivity (Wildman–Crippen MR) is 72.7 cm³/mol. The van der Waals surface area contributed by atoms with E-state index in [1.807, 2.05) is 6.07 Å². The van der Waals surface area contributed by atoms with Gasteiger partial charge in [0, 0.05) is 24.3 Å². The summed E-state index contributed by atoms with van der Waals surface area (Å²) in [7, 11) is 0. The molecule has 1 aromatic carbocycles. The Bertz CT molecular complexity index is 540. The largest absolute Gasteiger partial charge is 0.485 e. The number of ether oxygens (including phenoxy) is 1. The Kier molecular flexibility index (Phi) is 3.75. The van der Waals surface area contributed by atoms with E-state index in [1.54, 1.807) is 17.8 Å². The quantitative estimate of drug-likeness (QED) is 0.881. The molecule has 3 nitrogen and oxygen atoms in total. The Hall–Kier alpha value is -1.46. The van der Waals surface area contributed by atoms with E-state index in [0.717, 1.165) is 10.4 Å². The van der Waals surface area contributed by atoms with Gasteiger partial charge in [0.25, 0.3) is 0 Å². The van der Waals surface area contributed by atoms with Crippen LogP contribution in [0.15, 0.2) is 29.9 Å². The number of rotatable bonds is 6. The molecule has 0 bridgehead atoms. The zero-order valence-electron chi connectivity index (χ0n) is 10.4. The van der Waals surface area contributed by atoms with Crippen LogP contribution in [0.1, 0.15) is 23.3 Å². The first kappa shape index (κ1) is 12.6. The summed E-state index contributed by atoms with van der Waals surface area (Å²) in [5, 5.41) is 3.38. The van der Waals surface area contributed by atoms with E-state index in [4.69, 9.17) is 4.74 Å². The van der Waals surface area contributed by atoms with Crippen molar-refractivity contribution >= 4 is 11.3 Å². The molecule has 1 aliphatic carbocycles. The molecular formula is C14H15FN2OS. The van der Waals surface area contributed by atoms with Gasteiger partial charge in [0.05, 0.1) is 10.4 Å². The van der Waals surface area contributed by atoms with Crippen LogP contribution in [-0.2, 0) is 13.2 Å². The number of nitrogens with one attached hydrogen (secondary N) is 1. The van der Waals surface area contributed by atoms with Gasteiger partial charge >= 0.3 is 0 Å². The van der Waals surface area contributed by atoms with Gasteiger partial charge < -0.3 is 10.1 Å². The highest BCUT2D eigenvalue weighted by Crippen LogP contribution is 2.26. The van der Waals surface area contributed by atoms with Crippen LogP contribution in [0.3, 0.4) is 0 Å². The molecule has 3 rings (SSSR count). The van der Waals surface area contributed by atoms with Crippen molar-refractivity contribution in [3.8, 4) is 5.75 Å². The van der Waals surface area contributed by atoms with Gasteiger partial charge in [-0.05, 0) is 18.9 Å². The number of halogens is 1. The molecule has 1 aliphatic rings. The fraction of sp³-hybridized carbons (Fsp3) is 0.357. The van der Waals surface area contributed by atoms with E-state index in [9.17, 15) is 4.39 Å². The van der Waals surface area contributed by atoms with Crippen LogP contribution in [0.2, 0.25) is 0 Å². The number of nitrogens with zero attached hydrogens (tertiary/aromatic N) is 1. The molecule has 100 valence electrons. The second-order valence-electron chi connectivity index (χ2n) is 4.64. The maximum Gasteiger partial charge on any atom is 0.165 e. The van der Waals surface area contributed by atoms with Gasteiger partial charge in [-0.3, -0.25) is 4.98 Å². The van der Waals surface area contributed by atoms with Crippen molar-refractivity contribution in [2.45, 2.75) is 32.0 Å². The minimum atomic E-state index is -0.306. The second kappa shape index (κ2) is 5.67. The van der Waals surface area contributed by atoms with Gasteiger partial charge in [0.15, 0.2) is 11.6 Å². The first-order valence-corrected chi connectivity index (χ1v) is 7.22. The van der Waals surface area contributed by atoms with E-state index < -0.39 is 0 Å². The number of aromatic nitrogens is 1. The van der Waals surface area contributed by atoms with E-state index in [0.29, 0.717) is 24.9 Å². The normalized spacial score (nSPS) is 14.6. The van der Waals surface area contributed by atoms with Crippen molar-refractivity contribution in [2.24, 2.45) is 0 Å². The van der Waals surface area contributed by atoms with Gasteiger partial charge in [-0.25, -0.2) is 4.39 Å². The molecule has 0 aliphatic heterocycles. The number of hydrogen-bond donors (Lipinski definition) is 1. The lowest BCUT2D eigenvalue weighted by Gasteiger charge is -2.12. The van der Waals surface area contributed by atoms with Gasteiger partial charge in [0.2, 0.25) is 0 Å². The van der Waals surface area contributed by atoms with Crippen LogP contribution in [-0.4, -0.2) is 11.0 Å². The fourth-order valence-electron chi connectivity index (χ4n) is 1.85. The minimum absolute atomic E-state index is 0.306. The van der Waals surface area contributed by atoms with Crippen LogP contribution in [0.5, 0.6) is 5.75 Å². The first-order chi connectivity index (χ1) is 9.33. The number of thiazole rings is 1. The molecule has 1 fully saturated rings. The zero-order valence-corrected chi connectivity index (χ0v) is 11.3. The molecule has 1 heterocycles. The van der Waals surface area contributed by atoms with Gasteiger partial charge in [-0.2, -0.15) is 0 Å². The molecule has 0 unspecified atom stereocenters. The van der Waals surface area contributed by atoms with Crippen LogP contribution in [0.25, 0.3) is 0 Å². The molecule has 2 aromatic rings. The third-order valence-corrected chi connectivity index (χ3v) is 3.80. The Labute approximate surface area is 115 Å². The predicted octanol–water partition coefficient (Wildman–Crippen LogP) is 3.11. The van der Waals surface area contributed by atoms with Crippen molar-refractivity contribution < 1.29 is 9.13 Å². The van der Waals surface area contributed by atoms with Gasteiger partial charge in [-0.1, -0.05) is 12.1 Å². The molecule has 1 N–H and O–H groups in total. The summed E-state index contributed by atoms with van der Waals surface area (Å²) in [5.41, 5.74) is 2.62. The van der Waals surface area contributed by atoms with Crippen LogP contribution < -0.4 is 10.1 Å². The summed E-state index contributed by atoms with van der Waals surface area (Å²) < 4.78 is 19.5. The SMILES string of the molecule is Fc1cccc(CNC2CC2)c1OCc1cncs1. The standard InChI is InChI=1S/C14H15FN2OS/c15-13-3-1-2-10(6-17-11-4-5-11)14(13)18-8-12-7-16-9-19-12/h1-3,7,9,11,17H,4-6,8H2. The smallest absolute Gasteiger partial charge is 0.165 e. The zero-order chi connectivity index (χ0) is 13.1. The summed E-state index contributed by atoms with van der Waals surface area (Å²) in [6.45, 7) is 1.02. The fourth-order valence-corrected chi connectivity index (χ4v) is 2.36. The molecule has 19 heavy (non-hydrogen) atoms. The molecule has 0 spiro atoms. The Morgan fingerprint density at radius 3 is 3.05 bits per heavy atom. The van der Waals surface area contributed by atoms with Gasteiger partial charge in [-0.15, -0.1) is 11.3 Å². The maximum absolute atomic E-state index is 13.9. The molecular weight excluding hydrogens is 263 g/mol. The maximum atomic E-state index is 13.9. The van der Waals surface area contributed by atoms with Crippen molar-refractivity contribution in [1.82, 2.24) is 10.3 Å². The highest BCUT2D eigenvalue weighted by Gasteiger charge is 2.21. The third-order valence-electron chi connectivity index (χ3n) is 3.05. The monoisotopic (exact) mass is 278 g/mol. The van der Waals surface area contributed by atoms with Crippen molar-refractivity contribution in [3.05, 3.63) is 46.2 Å². The Balaban J connectivity index is 1.69. The third kappa shape index (κ3) is 3.30. The van der Waals surface area contributed by atoms with E-state index >= 15 is 0 Å². The lowest BCUT2D eigenvalue weighted by molar-refractivity contribution is 0.289. The summed E-state index contributed by atoms with van der Waals surface area (Å²) in [6, 6.07) is 5.65. The molecule has 0 radical (unpaired) electrons. The van der Waals surface area contributed by atoms with E-state index in [1.165, 1.54) is 30.2 Å². The Morgan fingerprint density at radius 2 is 2.32 bits per heavy atom. The van der Waals surface area contributed by atoms with E-state index in [2.05, 4.69) is 10.3 Å². The molecule has 5 heteroatoms. The van der Waals surface area contributed by atoms with Crippen LogP contribution in [0.4, 0.5) is 4.39 Å². The lowest BCUT2D eigenvalue weighted by Crippen LogP contribution is -2.16. The van der Waals surface area contributed by atoms with Crippen molar-refractivity contribution in [3.63, 3.8) is 0 Å². The minimum Gasteiger partial charge on any atom is -0.485 e. The summed E-state index contributed by atoms with van der Waals surface area (Å²) in [4.78, 5) is 4.97. The highest BCUT2D eigenvalue weighted by molar-refractivity contribution is 7.09. The lowest BCUT2D eigenvalue weighted by atomic mass is 10.2. The average molecular weight is 278 g/mol. The summed E-state index contributed by atoms with van der Waals surface area (Å²) in [6.07, 6.45) is 4.17. The summed E-state index contributed by atoms with van der Waals surface area (Å²) in [5.74, 6) is 0.0451. The summed E-state index contributed by atoms with van der Waals surface area (Å²) >= 11 is 1.51. The Morgan fingerprint density at radius 1 is 1.42 bits per heavy atom. The van der Waals surface area contributed by atoms with Crippen LogP contribution >= 0.6 is 11.3 Å². The topological polar surface area (TPSA) is 34.1 Å². The average Bonchev–Trinajstić information content (AvgIpc) is 3.10. The second-order valence-corrected chi connectivity index (χ2v) is 5.61. The molecule has 1 saturated carbocycles. The number of para-hydroxylation sites is 1.